The topological polar surface area (TPSA) is 62.4 Å². The second kappa shape index (κ2) is 6.67. The van der Waals surface area contributed by atoms with Gasteiger partial charge in [-0.15, -0.1) is 0 Å². The molecule has 0 aromatic carbocycles. The highest BCUT2D eigenvalue weighted by molar-refractivity contribution is 5.79. The summed E-state index contributed by atoms with van der Waals surface area (Å²) in [5, 5.41) is 3.39. The summed E-state index contributed by atoms with van der Waals surface area (Å²) in [6, 6.07) is 0.543. The van der Waals surface area contributed by atoms with Crippen LogP contribution in [0.25, 0.3) is 0 Å². The normalized spacial score (nSPS) is 26.7. The highest BCUT2D eigenvalue weighted by Gasteiger charge is 2.23. The first-order valence-corrected chi connectivity index (χ1v) is 6.05. The average molecular weight is 212 g/mol. The fourth-order valence-corrected chi connectivity index (χ4v) is 2.02. The number of unbranched alkanes of at least 4 members (excludes halogenated alkanes) is 1. The molecule has 0 amide bonds. The number of hydrogen-bond donors (Lipinski definition) is 3. The molecule has 1 rings (SSSR count). The number of nitrogens with two attached hydrogens (primary N) is 1. The van der Waals surface area contributed by atoms with E-state index in [4.69, 9.17) is 5.84 Å². The third-order valence-corrected chi connectivity index (χ3v) is 3.10. The molecule has 4 heteroatoms. The summed E-state index contributed by atoms with van der Waals surface area (Å²) in [6.45, 7) is 5.30. The van der Waals surface area contributed by atoms with Crippen LogP contribution in [0.3, 0.4) is 0 Å². The Labute approximate surface area is 92.7 Å². The first-order chi connectivity index (χ1) is 7.27. The first kappa shape index (κ1) is 12.3. The Hall–Kier alpha value is -0.770. The van der Waals surface area contributed by atoms with Crippen molar-refractivity contribution in [1.82, 2.24) is 10.7 Å². The van der Waals surface area contributed by atoms with E-state index in [1.54, 1.807) is 0 Å². The molecule has 1 aliphatic carbocycles. The number of hydrogen-bond acceptors (Lipinski definition) is 2. The summed E-state index contributed by atoms with van der Waals surface area (Å²) in [4.78, 5) is 4.40. The van der Waals surface area contributed by atoms with Gasteiger partial charge in [0, 0.05) is 12.6 Å². The molecule has 0 aromatic heterocycles. The van der Waals surface area contributed by atoms with Crippen LogP contribution in [0, 0.1) is 5.92 Å². The second-order valence-electron chi connectivity index (χ2n) is 4.39. The van der Waals surface area contributed by atoms with Crippen molar-refractivity contribution in [3.8, 4) is 0 Å². The molecule has 4 nitrogen and oxygen atoms in total. The lowest BCUT2D eigenvalue weighted by Crippen LogP contribution is -2.47. The van der Waals surface area contributed by atoms with Crippen molar-refractivity contribution in [3.05, 3.63) is 0 Å². The van der Waals surface area contributed by atoms with Crippen LogP contribution in [0.15, 0.2) is 4.99 Å². The van der Waals surface area contributed by atoms with Gasteiger partial charge in [0.15, 0.2) is 0 Å². The Morgan fingerprint density at radius 2 is 2.27 bits per heavy atom. The van der Waals surface area contributed by atoms with Gasteiger partial charge >= 0.3 is 0 Å². The number of aliphatic imine (C=N–C) groups is 1. The monoisotopic (exact) mass is 212 g/mol. The van der Waals surface area contributed by atoms with E-state index in [1.165, 1.54) is 25.7 Å². The zero-order chi connectivity index (χ0) is 11.1. The molecule has 0 saturated heterocycles. The van der Waals surface area contributed by atoms with E-state index < -0.39 is 0 Å². The zero-order valence-electron chi connectivity index (χ0n) is 9.92. The van der Waals surface area contributed by atoms with Crippen LogP contribution in [0.4, 0.5) is 0 Å². The molecule has 0 bridgehead atoms. The van der Waals surface area contributed by atoms with E-state index in [2.05, 4.69) is 29.6 Å². The summed E-state index contributed by atoms with van der Waals surface area (Å²) < 4.78 is 0. The summed E-state index contributed by atoms with van der Waals surface area (Å²) in [5.41, 5.74) is 2.65. The zero-order valence-corrected chi connectivity index (χ0v) is 9.92. The Bertz CT molecular complexity index is 203. The van der Waals surface area contributed by atoms with Gasteiger partial charge in [0.2, 0.25) is 5.96 Å². The molecular weight excluding hydrogens is 188 g/mol. The van der Waals surface area contributed by atoms with Crippen molar-refractivity contribution in [2.24, 2.45) is 16.8 Å². The minimum absolute atomic E-state index is 0.543. The highest BCUT2D eigenvalue weighted by Crippen LogP contribution is 2.24. The maximum atomic E-state index is 5.44. The quantitative estimate of drug-likeness (QED) is 0.217. The molecule has 4 N–H and O–H groups in total. The van der Waals surface area contributed by atoms with Crippen LogP contribution in [-0.2, 0) is 0 Å². The van der Waals surface area contributed by atoms with E-state index >= 15 is 0 Å². The van der Waals surface area contributed by atoms with Crippen molar-refractivity contribution in [2.75, 3.05) is 6.54 Å². The number of guanidine groups is 1. The molecule has 88 valence electrons. The van der Waals surface area contributed by atoms with E-state index in [1.807, 2.05) is 0 Å². The predicted molar refractivity (Wildman–Crippen MR) is 64.5 cm³/mol. The lowest BCUT2D eigenvalue weighted by molar-refractivity contribution is 0.480. The van der Waals surface area contributed by atoms with Crippen molar-refractivity contribution in [2.45, 2.75) is 52.0 Å². The van der Waals surface area contributed by atoms with Gasteiger partial charge in [0.1, 0.15) is 0 Å². The van der Waals surface area contributed by atoms with E-state index in [9.17, 15) is 0 Å². The van der Waals surface area contributed by atoms with Crippen LogP contribution in [0.5, 0.6) is 0 Å². The van der Waals surface area contributed by atoms with E-state index in [0.29, 0.717) is 6.04 Å². The van der Waals surface area contributed by atoms with Crippen LogP contribution in [0.2, 0.25) is 0 Å². The lowest BCUT2D eigenvalue weighted by atomic mass is 10.1. The van der Waals surface area contributed by atoms with Gasteiger partial charge in [-0.1, -0.05) is 26.7 Å². The Kier molecular flexibility index (Phi) is 5.47. The van der Waals surface area contributed by atoms with E-state index in [0.717, 1.165) is 24.8 Å². The molecule has 2 atom stereocenters. The number of nitrogens with one attached hydrogen (secondary N) is 2. The van der Waals surface area contributed by atoms with Crippen LogP contribution in [0.1, 0.15) is 46.0 Å². The molecule has 0 spiro atoms. The molecule has 15 heavy (non-hydrogen) atoms. The maximum Gasteiger partial charge on any atom is 0.205 e. The van der Waals surface area contributed by atoms with Crippen molar-refractivity contribution >= 4 is 5.96 Å². The Balaban J connectivity index is 2.35. The maximum absolute atomic E-state index is 5.44. The molecule has 0 aliphatic heterocycles. The fraction of sp³-hybridized carbons (Fsp3) is 0.909. The van der Waals surface area contributed by atoms with Crippen molar-refractivity contribution in [3.63, 3.8) is 0 Å². The molecule has 0 heterocycles. The largest absolute Gasteiger partial charge is 0.352 e. The van der Waals surface area contributed by atoms with Gasteiger partial charge < -0.3 is 5.32 Å². The molecule has 2 unspecified atom stereocenters. The van der Waals surface area contributed by atoms with Gasteiger partial charge in [-0.25, -0.2) is 5.84 Å². The number of hydrazine groups is 1. The second-order valence-corrected chi connectivity index (χ2v) is 4.39. The van der Waals surface area contributed by atoms with Crippen molar-refractivity contribution in [1.29, 1.82) is 0 Å². The van der Waals surface area contributed by atoms with Crippen LogP contribution in [-0.4, -0.2) is 18.5 Å². The lowest BCUT2D eigenvalue weighted by Gasteiger charge is -2.19. The summed E-state index contributed by atoms with van der Waals surface area (Å²) in [7, 11) is 0. The van der Waals surface area contributed by atoms with E-state index in [-0.39, 0.29) is 0 Å². The molecule has 1 aliphatic rings. The molecular formula is C11H24N4. The van der Waals surface area contributed by atoms with Gasteiger partial charge in [-0.2, -0.15) is 0 Å². The Morgan fingerprint density at radius 3 is 2.80 bits per heavy atom. The third-order valence-electron chi connectivity index (χ3n) is 3.10. The van der Waals surface area contributed by atoms with Gasteiger partial charge in [-0.05, 0) is 25.2 Å². The molecule has 1 saturated carbocycles. The van der Waals surface area contributed by atoms with Crippen LogP contribution < -0.4 is 16.6 Å². The molecule has 0 aromatic rings. The summed E-state index contributed by atoms with van der Waals surface area (Å²) in [6.07, 6.45) is 6.14. The molecule has 1 fully saturated rings. The Morgan fingerprint density at radius 1 is 1.47 bits per heavy atom. The third kappa shape index (κ3) is 4.08. The SMILES string of the molecule is CCCCN=C(NN)NC1CCCC1C. The van der Waals surface area contributed by atoms with Gasteiger partial charge in [0.05, 0.1) is 0 Å². The minimum atomic E-state index is 0.543. The smallest absolute Gasteiger partial charge is 0.205 e. The van der Waals surface area contributed by atoms with Crippen LogP contribution >= 0.6 is 0 Å². The van der Waals surface area contributed by atoms with Gasteiger partial charge in [0.25, 0.3) is 0 Å². The average Bonchev–Trinajstić information content (AvgIpc) is 2.63. The van der Waals surface area contributed by atoms with Crippen molar-refractivity contribution < 1.29 is 0 Å². The minimum Gasteiger partial charge on any atom is -0.352 e. The predicted octanol–water partition coefficient (Wildman–Crippen LogP) is 1.38. The summed E-state index contributed by atoms with van der Waals surface area (Å²) >= 11 is 0. The molecule has 0 radical (unpaired) electrons. The number of rotatable bonds is 4. The number of nitrogens with zero attached hydrogens (tertiary/aromatic N) is 1. The fourth-order valence-electron chi connectivity index (χ4n) is 2.02. The standard InChI is InChI=1S/C11H24N4/c1-3-4-8-13-11(15-12)14-10-7-5-6-9(10)2/h9-10H,3-8,12H2,1-2H3,(H2,13,14,15). The highest BCUT2D eigenvalue weighted by atomic mass is 15.3. The first-order valence-electron chi connectivity index (χ1n) is 6.05. The summed E-state index contributed by atoms with van der Waals surface area (Å²) in [5.74, 6) is 6.92. The van der Waals surface area contributed by atoms with Gasteiger partial charge in [-0.3, -0.25) is 10.4 Å².